The van der Waals surface area contributed by atoms with E-state index in [-0.39, 0.29) is 5.69 Å². The third-order valence-corrected chi connectivity index (χ3v) is 5.19. The van der Waals surface area contributed by atoms with E-state index in [9.17, 15) is 9.90 Å². The summed E-state index contributed by atoms with van der Waals surface area (Å²) in [5.41, 5.74) is 3.79. The molecule has 0 fully saturated rings. The summed E-state index contributed by atoms with van der Waals surface area (Å²) in [4.78, 5) is 16.3. The highest BCUT2D eigenvalue weighted by Gasteiger charge is 2.21. The lowest BCUT2D eigenvalue weighted by molar-refractivity contribution is 0.0686. The predicted octanol–water partition coefficient (Wildman–Crippen LogP) is 4.95. The number of hydrogen-bond acceptors (Lipinski definition) is 3. The molecule has 0 aliphatic carbocycles. The lowest BCUT2D eigenvalue weighted by Gasteiger charge is -2.04. The van der Waals surface area contributed by atoms with E-state index < -0.39 is 5.97 Å². The van der Waals surface area contributed by atoms with Crippen molar-refractivity contribution in [2.24, 2.45) is 7.05 Å². The van der Waals surface area contributed by atoms with Crippen molar-refractivity contribution in [1.82, 2.24) is 9.55 Å². The number of carboxylic acid groups (broad SMARTS) is 1. The number of benzene rings is 2. The molecule has 1 aromatic heterocycles. The molecule has 1 heterocycles. The van der Waals surface area contributed by atoms with E-state index in [1.165, 1.54) is 0 Å². The Bertz CT molecular complexity index is 871. The standard InChI is InChI=1S/C20H20N2O2S/c1-3-13-25-20-21-17(18(19(23)24)22(20)2)16-11-9-15(10-12-16)14-7-5-4-6-8-14/h4-12H,3,13H2,1-2H3,(H,23,24). The Morgan fingerprint density at radius 3 is 2.24 bits per heavy atom. The maximum atomic E-state index is 11.7. The first-order chi connectivity index (χ1) is 12.1. The molecular weight excluding hydrogens is 332 g/mol. The first-order valence-corrected chi connectivity index (χ1v) is 9.19. The van der Waals surface area contributed by atoms with E-state index in [4.69, 9.17) is 0 Å². The lowest BCUT2D eigenvalue weighted by atomic mass is 10.0. The average Bonchev–Trinajstić information content (AvgIpc) is 2.97. The normalized spacial score (nSPS) is 10.8. The summed E-state index contributed by atoms with van der Waals surface area (Å²) >= 11 is 1.58. The van der Waals surface area contributed by atoms with Gasteiger partial charge in [-0.05, 0) is 17.5 Å². The second-order valence-corrected chi connectivity index (χ2v) is 6.81. The zero-order valence-corrected chi connectivity index (χ0v) is 15.1. The predicted molar refractivity (Wildman–Crippen MR) is 102 cm³/mol. The molecule has 128 valence electrons. The molecule has 0 bridgehead atoms. The summed E-state index contributed by atoms with van der Waals surface area (Å²) in [6.45, 7) is 2.09. The number of thioether (sulfide) groups is 1. The minimum Gasteiger partial charge on any atom is -0.477 e. The second-order valence-electron chi connectivity index (χ2n) is 5.75. The molecule has 5 heteroatoms. The van der Waals surface area contributed by atoms with E-state index in [1.54, 1.807) is 23.4 Å². The van der Waals surface area contributed by atoms with Crippen LogP contribution in [0.15, 0.2) is 59.8 Å². The molecule has 0 aliphatic rings. The van der Waals surface area contributed by atoms with Crippen LogP contribution in [0.25, 0.3) is 22.4 Å². The largest absolute Gasteiger partial charge is 0.477 e. The Morgan fingerprint density at radius 2 is 1.64 bits per heavy atom. The van der Waals surface area contributed by atoms with Gasteiger partial charge in [0.25, 0.3) is 0 Å². The molecule has 2 aromatic carbocycles. The highest BCUT2D eigenvalue weighted by molar-refractivity contribution is 7.99. The van der Waals surface area contributed by atoms with Gasteiger partial charge in [0.2, 0.25) is 0 Å². The smallest absolute Gasteiger partial charge is 0.354 e. The van der Waals surface area contributed by atoms with Gasteiger partial charge in [-0.2, -0.15) is 0 Å². The SMILES string of the molecule is CCCSc1nc(-c2ccc(-c3ccccc3)cc2)c(C(=O)O)n1C. The molecule has 4 nitrogen and oxygen atoms in total. The van der Waals surface area contributed by atoms with Crippen LogP contribution in [0, 0.1) is 0 Å². The van der Waals surface area contributed by atoms with E-state index in [0.717, 1.165) is 34.0 Å². The topological polar surface area (TPSA) is 55.1 Å². The van der Waals surface area contributed by atoms with E-state index in [1.807, 2.05) is 42.5 Å². The van der Waals surface area contributed by atoms with Crippen LogP contribution in [-0.2, 0) is 7.05 Å². The summed E-state index contributed by atoms with van der Waals surface area (Å²) in [6.07, 6.45) is 1.01. The molecule has 3 aromatic rings. The average molecular weight is 352 g/mol. The molecular formula is C20H20N2O2S. The summed E-state index contributed by atoms with van der Waals surface area (Å²) in [5, 5.41) is 10.3. The Morgan fingerprint density at radius 1 is 1.04 bits per heavy atom. The number of aromatic nitrogens is 2. The quantitative estimate of drug-likeness (QED) is 0.638. The molecule has 25 heavy (non-hydrogen) atoms. The monoisotopic (exact) mass is 352 g/mol. The van der Waals surface area contributed by atoms with Crippen molar-refractivity contribution in [3.05, 3.63) is 60.3 Å². The fourth-order valence-corrected chi connectivity index (χ4v) is 3.53. The molecule has 0 unspecified atom stereocenters. The summed E-state index contributed by atoms with van der Waals surface area (Å²) in [6, 6.07) is 18.0. The Balaban J connectivity index is 1.99. The van der Waals surface area contributed by atoms with Gasteiger partial charge in [-0.3, -0.25) is 0 Å². The molecule has 0 radical (unpaired) electrons. The maximum Gasteiger partial charge on any atom is 0.354 e. The van der Waals surface area contributed by atoms with Gasteiger partial charge < -0.3 is 9.67 Å². The van der Waals surface area contributed by atoms with Crippen molar-refractivity contribution in [2.75, 3.05) is 5.75 Å². The van der Waals surface area contributed by atoms with Crippen LogP contribution in [0.4, 0.5) is 0 Å². The minimum atomic E-state index is -0.958. The van der Waals surface area contributed by atoms with Gasteiger partial charge in [0, 0.05) is 18.4 Å². The highest BCUT2D eigenvalue weighted by Crippen LogP contribution is 2.30. The van der Waals surface area contributed by atoms with Gasteiger partial charge in [-0.1, -0.05) is 73.3 Å². The minimum absolute atomic E-state index is 0.228. The van der Waals surface area contributed by atoms with Crippen LogP contribution in [0.3, 0.4) is 0 Å². The van der Waals surface area contributed by atoms with Crippen molar-refractivity contribution in [2.45, 2.75) is 18.5 Å². The van der Waals surface area contributed by atoms with Crippen molar-refractivity contribution < 1.29 is 9.90 Å². The summed E-state index contributed by atoms with van der Waals surface area (Å²) in [7, 11) is 1.76. The number of aromatic carboxylic acids is 1. The number of carboxylic acids is 1. The number of hydrogen-bond donors (Lipinski definition) is 1. The Labute approximate surface area is 151 Å². The van der Waals surface area contributed by atoms with Gasteiger partial charge in [0.05, 0.1) is 0 Å². The zero-order valence-electron chi connectivity index (χ0n) is 14.3. The number of carbonyl (C=O) groups is 1. The van der Waals surface area contributed by atoms with Gasteiger partial charge in [-0.15, -0.1) is 0 Å². The van der Waals surface area contributed by atoms with Crippen LogP contribution in [0.5, 0.6) is 0 Å². The molecule has 0 spiro atoms. The summed E-state index contributed by atoms with van der Waals surface area (Å²) in [5.74, 6) is -0.0449. The molecule has 0 saturated carbocycles. The summed E-state index contributed by atoms with van der Waals surface area (Å²) < 4.78 is 1.67. The van der Waals surface area contributed by atoms with Gasteiger partial charge in [0.15, 0.2) is 10.9 Å². The Hall–Kier alpha value is -2.53. The van der Waals surface area contributed by atoms with E-state index in [0.29, 0.717) is 5.69 Å². The third kappa shape index (κ3) is 3.61. The molecule has 0 atom stereocenters. The zero-order chi connectivity index (χ0) is 17.8. The van der Waals surface area contributed by atoms with E-state index >= 15 is 0 Å². The number of imidazole rings is 1. The van der Waals surface area contributed by atoms with E-state index in [2.05, 4.69) is 24.0 Å². The van der Waals surface area contributed by atoms with Crippen molar-refractivity contribution in [3.63, 3.8) is 0 Å². The fourth-order valence-electron chi connectivity index (χ4n) is 2.70. The molecule has 0 amide bonds. The lowest BCUT2D eigenvalue weighted by Crippen LogP contribution is -2.06. The van der Waals surface area contributed by atoms with Crippen molar-refractivity contribution in [3.8, 4) is 22.4 Å². The van der Waals surface area contributed by atoms with Crippen LogP contribution in [0.1, 0.15) is 23.8 Å². The van der Waals surface area contributed by atoms with Gasteiger partial charge >= 0.3 is 5.97 Å². The maximum absolute atomic E-state index is 11.7. The first kappa shape index (κ1) is 17.3. The van der Waals surface area contributed by atoms with Crippen molar-refractivity contribution >= 4 is 17.7 Å². The molecule has 0 saturated heterocycles. The van der Waals surface area contributed by atoms with Crippen LogP contribution in [0.2, 0.25) is 0 Å². The molecule has 3 rings (SSSR count). The second kappa shape index (κ2) is 7.57. The van der Waals surface area contributed by atoms with Crippen LogP contribution >= 0.6 is 11.8 Å². The first-order valence-electron chi connectivity index (χ1n) is 8.20. The van der Waals surface area contributed by atoms with Gasteiger partial charge in [0.1, 0.15) is 5.69 Å². The molecule has 1 N–H and O–H groups in total. The molecule has 0 aliphatic heterocycles. The number of rotatable bonds is 6. The van der Waals surface area contributed by atoms with Crippen LogP contribution < -0.4 is 0 Å². The Kier molecular flexibility index (Phi) is 5.24. The highest BCUT2D eigenvalue weighted by atomic mass is 32.2. The third-order valence-electron chi connectivity index (χ3n) is 3.96. The van der Waals surface area contributed by atoms with Crippen LogP contribution in [-0.4, -0.2) is 26.4 Å². The van der Waals surface area contributed by atoms with Gasteiger partial charge in [-0.25, -0.2) is 9.78 Å². The fraction of sp³-hybridized carbons (Fsp3) is 0.200. The number of nitrogens with zero attached hydrogens (tertiary/aromatic N) is 2. The van der Waals surface area contributed by atoms with Crippen molar-refractivity contribution in [1.29, 1.82) is 0 Å².